The first-order chi connectivity index (χ1) is 10.5. The average molecular weight is 333 g/mol. The van der Waals surface area contributed by atoms with Crippen molar-refractivity contribution in [2.75, 3.05) is 19.8 Å². The summed E-state index contributed by atoms with van der Waals surface area (Å²) in [5.74, 6) is -0.895. The third kappa shape index (κ3) is 2.49. The molecule has 7 nitrogen and oxygen atoms in total. The Kier molecular flexibility index (Phi) is 5.30. The monoisotopic (exact) mass is 333 g/mol. The molecule has 0 aromatic carbocycles. The molecule has 0 aliphatic heterocycles. The van der Waals surface area contributed by atoms with Gasteiger partial charge in [0.2, 0.25) is 0 Å². The molecule has 2 bridgehead atoms. The molecule has 0 amide bonds. The Bertz CT molecular complexity index is 498. The van der Waals surface area contributed by atoms with Gasteiger partial charge in [-0.1, -0.05) is 5.16 Å². The Balaban J connectivity index is 2.52. The van der Waals surface area contributed by atoms with Gasteiger partial charge in [0.1, 0.15) is 0 Å². The zero-order valence-corrected chi connectivity index (χ0v) is 14.2. The van der Waals surface area contributed by atoms with E-state index >= 15 is 0 Å². The number of esters is 1. The summed E-state index contributed by atoms with van der Waals surface area (Å²) < 4.78 is 29.6. The van der Waals surface area contributed by atoms with Gasteiger partial charge in [-0.25, -0.2) is 0 Å². The summed E-state index contributed by atoms with van der Waals surface area (Å²) >= 11 is 0. The highest BCUT2D eigenvalue weighted by Crippen LogP contribution is 2.71. The summed E-state index contributed by atoms with van der Waals surface area (Å²) in [6, 6.07) is 0. The first-order valence-electron chi connectivity index (χ1n) is 7.76. The summed E-state index contributed by atoms with van der Waals surface area (Å²) in [6.07, 6.45) is 1.63. The number of carbonyl (C=O) groups excluding carboxylic acids is 1. The van der Waals surface area contributed by atoms with Gasteiger partial charge < -0.3 is 19.0 Å². The Morgan fingerprint density at radius 3 is 2.41 bits per heavy atom. The fourth-order valence-corrected chi connectivity index (χ4v) is 6.43. The molecule has 0 heterocycles. The van der Waals surface area contributed by atoms with E-state index in [-0.39, 0.29) is 25.7 Å². The van der Waals surface area contributed by atoms with E-state index in [1.54, 1.807) is 20.8 Å². The smallest absolute Gasteiger partial charge is 0.348 e. The van der Waals surface area contributed by atoms with E-state index in [1.165, 1.54) is 0 Å². The summed E-state index contributed by atoms with van der Waals surface area (Å²) in [5, 5.41) is 11.2. The topological polar surface area (TPSA) is 94.4 Å². The van der Waals surface area contributed by atoms with Crippen LogP contribution in [0.4, 0.5) is 0 Å². The van der Waals surface area contributed by atoms with Crippen molar-refractivity contribution in [1.82, 2.24) is 0 Å². The Labute approximate surface area is 130 Å². The summed E-state index contributed by atoms with van der Waals surface area (Å²) in [4.78, 5) is 12.7. The van der Waals surface area contributed by atoms with Crippen LogP contribution in [0.5, 0.6) is 0 Å². The van der Waals surface area contributed by atoms with E-state index in [9.17, 15) is 14.6 Å². The van der Waals surface area contributed by atoms with Gasteiger partial charge in [0.15, 0.2) is 5.16 Å². The molecule has 2 fully saturated rings. The SMILES string of the molecule is CCOC(=O)C1(P(=O)(OCC)OCC)CC2C/C(=N\O)C1C2. The van der Waals surface area contributed by atoms with Crippen molar-refractivity contribution < 1.29 is 28.4 Å². The van der Waals surface area contributed by atoms with Gasteiger partial charge in [-0.3, -0.25) is 9.36 Å². The van der Waals surface area contributed by atoms with Crippen molar-refractivity contribution in [1.29, 1.82) is 0 Å². The molecule has 2 saturated carbocycles. The summed E-state index contributed by atoms with van der Waals surface area (Å²) in [6.45, 7) is 5.63. The molecule has 2 aliphatic rings. The van der Waals surface area contributed by atoms with Crippen LogP contribution >= 0.6 is 7.60 Å². The highest BCUT2D eigenvalue weighted by Gasteiger charge is 2.70. The van der Waals surface area contributed by atoms with Crippen LogP contribution in [0.25, 0.3) is 0 Å². The lowest BCUT2D eigenvalue weighted by atomic mass is 9.86. The second-order valence-electron chi connectivity index (χ2n) is 5.63. The number of carbonyl (C=O) groups is 1. The Morgan fingerprint density at radius 1 is 1.32 bits per heavy atom. The van der Waals surface area contributed by atoms with Gasteiger partial charge in [-0.15, -0.1) is 0 Å². The first-order valence-corrected chi connectivity index (χ1v) is 9.30. The maximum Gasteiger partial charge on any atom is 0.348 e. The molecule has 0 spiro atoms. The molecular formula is C14H24NO6P. The lowest BCUT2D eigenvalue weighted by Gasteiger charge is -2.39. The normalized spacial score (nSPS) is 32.6. The van der Waals surface area contributed by atoms with Crippen molar-refractivity contribution in [3.63, 3.8) is 0 Å². The Hall–Kier alpha value is -0.910. The largest absolute Gasteiger partial charge is 0.465 e. The number of rotatable bonds is 7. The molecule has 22 heavy (non-hydrogen) atoms. The maximum atomic E-state index is 13.4. The molecule has 2 rings (SSSR count). The number of ether oxygens (including phenoxy) is 1. The maximum absolute atomic E-state index is 13.4. The van der Waals surface area contributed by atoms with Crippen molar-refractivity contribution in [2.24, 2.45) is 17.0 Å². The fourth-order valence-electron chi connectivity index (χ4n) is 3.81. The number of hydrogen-bond acceptors (Lipinski definition) is 7. The number of hydrogen-bond donors (Lipinski definition) is 1. The highest BCUT2D eigenvalue weighted by molar-refractivity contribution is 7.57. The molecule has 0 radical (unpaired) electrons. The van der Waals surface area contributed by atoms with E-state index in [4.69, 9.17) is 13.8 Å². The van der Waals surface area contributed by atoms with Gasteiger partial charge in [0, 0.05) is 5.92 Å². The fraction of sp³-hybridized carbons (Fsp3) is 0.857. The van der Waals surface area contributed by atoms with Crippen molar-refractivity contribution in [2.45, 2.75) is 45.2 Å². The molecule has 3 unspecified atom stereocenters. The van der Waals surface area contributed by atoms with Crippen LogP contribution in [0.1, 0.15) is 40.0 Å². The zero-order valence-electron chi connectivity index (χ0n) is 13.3. The highest BCUT2D eigenvalue weighted by atomic mass is 31.2. The van der Waals surface area contributed by atoms with Crippen LogP contribution in [0.15, 0.2) is 5.16 Å². The third-order valence-corrected chi connectivity index (χ3v) is 7.34. The number of fused-ring (bicyclic) bond motifs is 2. The zero-order chi connectivity index (χ0) is 16.4. The number of nitrogens with zero attached hydrogens (tertiary/aromatic N) is 1. The van der Waals surface area contributed by atoms with Crippen molar-refractivity contribution in [3.8, 4) is 0 Å². The standard InChI is InChI=1S/C14H24NO6P/c1-4-19-13(16)14(22(18,20-5-2)21-6-3)9-10-7-11(14)12(8-10)15-17/h10-11,17H,4-9H2,1-3H3/b15-12+. The van der Waals surface area contributed by atoms with Gasteiger partial charge in [-0.2, -0.15) is 0 Å². The molecular weight excluding hydrogens is 309 g/mol. The molecule has 126 valence electrons. The van der Waals surface area contributed by atoms with Gasteiger partial charge in [0.25, 0.3) is 0 Å². The molecule has 0 aromatic heterocycles. The summed E-state index contributed by atoms with van der Waals surface area (Å²) in [5.41, 5.74) is 0.490. The van der Waals surface area contributed by atoms with Crippen molar-refractivity contribution >= 4 is 19.3 Å². The minimum atomic E-state index is -3.74. The minimum absolute atomic E-state index is 0.134. The second-order valence-corrected chi connectivity index (χ2v) is 7.94. The van der Waals surface area contributed by atoms with Crippen LogP contribution in [-0.2, 0) is 23.1 Å². The van der Waals surface area contributed by atoms with E-state index < -0.39 is 24.6 Å². The molecule has 8 heteroatoms. The lowest BCUT2D eigenvalue weighted by molar-refractivity contribution is -0.147. The van der Waals surface area contributed by atoms with Gasteiger partial charge >= 0.3 is 13.6 Å². The van der Waals surface area contributed by atoms with Crippen LogP contribution in [0, 0.1) is 11.8 Å². The minimum Gasteiger partial charge on any atom is -0.465 e. The van der Waals surface area contributed by atoms with Crippen LogP contribution in [0.2, 0.25) is 0 Å². The predicted molar refractivity (Wildman–Crippen MR) is 80.3 cm³/mol. The van der Waals surface area contributed by atoms with E-state index in [0.717, 1.165) is 0 Å². The molecule has 0 aromatic rings. The lowest BCUT2D eigenvalue weighted by Crippen LogP contribution is -2.49. The predicted octanol–water partition coefficient (Wildman–Crippen LogP) is 2.81. The molecule has 0 saturated heterocycles. The van der Waals surface area contributed by atoms with E-state index in [1.807, 2.05) is 0 Å². The van der Waals surface area contributed by atoms with Crippen LogP contribution in [0.3, 0.4) is 0 Å². The molecule has 1 N–H and O–H groups in total. The van der Waals surface area contributed by atoms with Gasteiger partial charge in [-0.05, 0) is 46.0 Å². The average Bonchev–Trinajstić information content (AvgIpc) is 3.06. The molecule has 2 aliphatic carbocycles. The van der Waals surface area contributed by atoms with Crippen LogP contribution in [-0.4, -0.2) is 41.9 Å². The third-order valence-electron chi connectivity index (χ3n) is 4.49. The van der Waals surface area contributed by atoms with Crippen molar-refractivity contribution in [3.05, 3.63) is 0 Å². The van der Waals surface area contributed by atoms with E-state index in [0.29, 0.717) is 25.0 Å². The quantitative estimate of drug-likeness (QED) is 0.333. The van der Waals surface area contributed by atoms with Gasteiger partial charge in [0.05, 0.1) is 25.5 Å². The van der Waals surface area contributed by atoms with Crippen LogP contribution < -0.4 is 0 Å². The second kappa shape index (κ2) is 6.69. The first kappa shape index (κ1) is 17.4. The molecule has 3 atom stereocenters. The number of oxime groups is 1. The summed E-state index contributed by atoms with van der Waals surface area (Å²) in [7, 11) is -3.74. The Morgan fingerprint density at radius 2 is 1.95 bits per heavy atom. The van der Waals surface area contributed by atoms with E-state index in [2.05, 4.69) is 5.16 Å².